The van der Waals surface area contributed by atoms with Crippen molar-refractivity contribution in [3.05, 3.63) is 93.0 Å². The Labute approximate surface area is 233 Å². The predicted molar refractivity (Wildman–Crippen MR) is 151 cm³/mol. The third kappa shape index (κ3) is 6.58. The van der Waals surface area contributed by atoms with Gasteiger partial charge in [0.15, 0.2) is 6.61 Å². The van der Waals surface area contributed by atoms with E-state index < -0.39 is 17.1 Å². The van der Waals surface area contributed by atoms with E-state index in [1.54, 1.807) is 19.9 Å². The van der Waals surface area contributed by atoms with E-state index >= 15 is 0 Å². The number of hydrogen-bond acceptors (Lipinski definition) is 7. The lowest BCUT2D eigenvalue weighted by atomic mass is 9.98. The largest absolute Gasteiger partial charge is 0.483 e. The third-order valence-corrected chi connectivity index (χ3v) is 6.98. The van der Waals surface area contributed by atoms with E-state index in [0.717, 1.165) is 35.1 Å². The number of nitrogens with one attached hydrogen (secondary N) is 2. The van der Waals surface area contributed by atoms with Crippen LogP contribution in [0.15, 0.2) is 60.7 Å². The number of nitrogens with two attached hydrogens (primary N) is 1. The number of nitro benzene ring substituents is 1. The van der Waals surface area contributed by atoms with Crippen molar-refractivity contribution in [3.8, 4) is 16.9 Å². The molecule has 0 aromatic heterocycles. The van der Waals surface area contributed by atoms with Crippen molar-refractivity contribution in [3.63, 3.8) is 0 Å². The molecular formula is C30H34N4O6. The van der Waals surface area contributed by atoms with Gasteiger partial charge in [-0.05, 0) is 67.1 Å². The first kappa shape index (κ1) is 28.6. The van der Waals surface area contributed by atoms with Crippen LogP contribution >= 0.6 is 0 Å². The quantitative estimate of drug-likeness (QED) is 0.169. The smallest absolute Gasteiger partial charge is 0.407 e. The van der Waals surface area contributed by atoms with Crippen LogP contribution in [0.3, 0.4) is 0 Å². The van der Waals surface area contributed by atoms with Gasteiger partial charge >= 0.3 is 6.09 Å². The standard InChI is InChI=1S/C30H34N4O6/c1-19-15-25(27(34(37)38)16-28(19)39-18-29(35)32-14-8-7-13-31)20(2)33-30(36)40-17-26-23-11-5-3-9-21(23)22-10-4-6-12-24(22)26/h3-6,9-12,15-16,20,26H,7-8,13-14,17-18,31H2,1-2H3,(H,32,35)(H,33,36). The zero-order chi connectivity index (χ0) is 28.6. The van der Waals surface area contributed by atoms with Crippen molar-refractivity contribution in [1.29, 1.82) is 0 Å². The lowest BCUT2D eigenvalue weighted by Gasteiger charge is -2.18. The molecule has 0 radical (unpaired) electrons. The van der Waals surface area contributed by atoms with Crippen molar-refractivity contribution in [2.75, 3.05) is 26.3 Å². The number of unbranched alkanes of at least 4 members (excludes halogenated alkanes) is 1. The Hall–Kier alpha value is -4.44. The van der Waals surface area contributed by atoms with Crippen LogP contribution in [-0.2, 0) is 9.53 Å². The molecule has 0 saturated carbocycles. The van der Waals surface area contributed by atoms with Gasteiger partial charge in [0.05, 0.1) is 22.6 Å². The lowest BCUT2D eigenvalue weighted by molar-refractivity contribution is -0.385. The topological polar surface area (TPSA) is 146 Å². The molecular weight excluding hydrogens is 512 g/mol. The average molecular weight is 547 g/mol. The Morgan fingerprint density at radius 3 is 2.33 bits per heavy atom. The number of amides is 2. The summed E-state index contributed by atoms with van der Waals surface area (Å²) in [7, 11) is 0. The number of carbonyl (C=O) groups is 2. The number of fused-ring (bicyclic) bond motifs is 3. The Kier molecular flexibility index (Phi) is 9.34. The number of ether oxygens (including phenoxy) is 2. The summed E-state index contributed by atoms with van der Waals surface area (Å²) in [6.07, 6.45) is 0.888. The second-order valence-electron chi connectivity index (χ2n) is 9.76. The van der Waals surface area contributed by atoms with Crippen LogP contribution in [0.4, 0.5) is 10.5 Å². The molecule has 210 valence electrons. The first-order chi connectivity index (χ1) is 19.3. The summed E-state index contributed by atoms with van der Waals surface area (Å²) in [4.78, 5) is 36.1. The zero-order valence-electron chi connectivity index (χ0n) is 22.6. The fourth-order valence-corrected chi connectivity index (χ4v) is 4.95. The maximum absolute atomic E-state index is 12.8. The number of carbonyl (C=O) groups excluding carboxylic acids is 2. The number of nitro groups is 1. The van der Waals surface area contributed by atoms with E-state index in [1.807, 2.05) is 36.4 Å². The second kappa shape index (κ2) is 13.1. The van der Waals surface area contributed by atoms with E-state index in [0.29, 0.717) is 24.2 Å². The maximum Gasteiger partial charge on any atom is 0.407 e. The van der Waals surface area contributed by atoms with Crippen molar-refractivity contribution in [2.24, 2.45) is 5.73 Å². The summed E-state index contributed by atoms with van der Waals surface area (Å²) in [6.45, 7) is 4.27. The molecule has 1 aliphatic rings. The summed E-state index contributed by atoms with van der Waals surface area (Å²) in [6, 6.07) is 18.2. The molecule has 1 aliphatic carbocycles. The highest BCUT2D eigenvalue weighted by atomic mass is 16.6. The minimum Gasteiger partial charge on any atom is -0.483 e. The maximum atomic E-state index is 12.8. The highest BCUT2D eigenvalue weighted by Crippen LogP contribution is 2.44. The Morgan fingerprint density at radius 1 is 1.05 bits per heavy atom. The first-order valence-corrected chi connectivity index (χ1v) is 13.3. The van der Waals surface area contributed by atoms with Gasteiger partial charge < -0.3 is 25.8 Å². The molecule has 4 rings (SSSR count). The number of nitrogens with zero attached hydrogens (tertiary/aromatic N) is 1. The summed E-state index contributed by atoms with van der Waals surface area (Å²) >= 11 is 0. The summed E-state index contributed by atoms with van der Waals surface area (Å²) in [5, 5.41) is 17.3. The normalized spacial score (nSPS) is 12.7. The van der Waals surface area contributed by atoms with E-state index in [9.17, 15) is 19.7 Å². The van der Waals surface area contributed by atoms with Gasteiger partial charge in [-0.3, -0.25) is 14.9 Å². The third-order valence-electron chi connectivity index (χ3n) is 6.98. The van der Waals surface area contributed by atoms with Crippen LogP contribution in [0, 0.1) is 17.0 Å². The van der Waals surface area contributed by atoms with Gasteiger partial charge in [-0.2, -0.15) is 0 Å². The minimum atomic E-state index is -0.713. The molecule has 40 heavy (non-hydrogen) atoms. The molecule has 0 heterocycles. The van der Waals surface area contributed by atoms with Crippen molar-refractivity contribution >= 4 is 17.7 Å². The molecule has 0 aliphatic heterocycles. The molecule has 1 unspecified atom stereocenters. The number of alkyl carbamates (subject to hydrolysis) is 1. The molecule has 0 saturated heterocycles. The van der Waals surface area contributed by atoms with Crippen molar-refractivity contribution < 1.29 is 24.0 Å². The molecule has 0 bridgehead atoms. The summed E-state index contributed by atoms with van der Waals surface area (Å²) < 4.78 is 11.2. The highest BCUT2D eigenvalue weighted by molar-refractivity contribution is 5.79. The van der Waals surface area contributed by atoms with Gasteiger partial charge in [-0.1, -0.05) is 48.5 Å². The molecule has 10 nitrogen and oxygen atoms in total. The number of rotatable bonds is 12. The van der Waals surface area contributed by atoms with Crippen LogP contribution in [0.5, 0.6) is 5.75 Å². The van der Waals surface area contributed by atoms with Crippen LogP contribution < -0.4 is 21.1 Å². The van der Waals surface area contributed by atoms with E-state index in [-0.39, 0.29) is 36.5 Å². The predicted octanol–water partition coefficient (Wildman–Crippen LogP) is 4.74. The molecule has 0 spiro atoms. The fraction of sp³-hybridized carbons (Fsp3) is 0.333. The summed E-state index contributed by atoms with van der Waals surface area (Å²) in [5.74, 6) is -0.200. The molecule has 3 aromatic rings. The first-order valence-electron chi connectivity index (χ1n) is 13.3. The van der Waals surface area contributed by atoms with Crippen LogP contribution in [0.1, 0.15) is 54.0 Å². The fourth-order valence-electron chi connectivity index (χ4n) is 4.95. The van der Waals surface area contributed by atoms with Crippen LogP contribution in [0.2, 0.25) is 0 Å². The van der Waals surface area contributed by atoms with E-state index in [1.165, 1.54) is 6.07 Å². The van der Waals surface area contributed by atoms with Crippen LogP contribution in [-0.4, -0.2) is 43.2 Å². The molecule has 4 N–H and O–H groups in total. The van der Waals surface area contributed by atoms with Gasteiger partial charge in [0.25, 0.3) is 11.6 Å². The SMILES string of the molecule is Cc1cc(C(C)NC(=O)OCC2c3ccccc3-c3ccccc32)c([N+](=O)[O-])cc1OCC(=O)NCCCCN. The molecule has 2 amide bonds. The zero-order valence-corrected chi connectivity index (χ0v) is 22.6. The Morgan fingerprint density at radius 2 is 1.70 bits per heavy atom. The van der Waals surface area contributed by atoms with Crippen molar-refractivity contribution in [1.82, 2.24) is 10.6 Å². The van der Waals surface area contributed by atoms with Gasteiger partial charge in [0.1, 0.15) is 12.4 Å². The number of aryl methyl sites for hydroxylation is 1. The number of hydrogen-bond donors (Lipinski definition) is 3. The molecule has 1 atom stereocenters. The van der Waals surface area contributed by atoms with E-state index in [2.05, 4.69) is 22.8 Å². The summed E-state index contributed by atoms with van der Waals surface area (Å²) in [5.41, 5.74) is 10.5. The minimum absolute atomic E-state index is 0.0978. The number of benzene rings is 3. The van der Waals surface area contributed by atoms with Gasteiger partial charge in [0.2, 0.25) is 0 Å². The van der Waals surface area contributed by atoms with Gasteiger partial charge in [-0.15, -0.1) is 0 Å². The van der Waals surface area contributed by atoms with Gasteiger partial charge in [0, 0.05) is 12.5 Å². The molecule has 10 heteroatoms. The lowest BCUT2D eigenvalue weighted by Crippen LogP contribution is -2.30. The average Bonchev–Trinajstić information content (AvgIpc) is 3.26. The molecule has 0 fully saturated rings. The van der Waals surface area contributed by atoms with Gasteiger partial charge in [-0.25, -0.2) is 4.79 Å². The van der Waals surface area contributed by atoms with Crippen LogP contribution in [0.25, 0.3) is 11.1 Å². The van der Waals surface area contributed by atoms with E-state index in [4.69, 9.17) is 15.2 Å². The van der Waals surface area contributed by atoms with Crippen molar-refractivity contribution in [2.45, 2.75) is 38.6 Å². The Bertz CT molecular complexity index is 1350. The molecule has 3 aromatic carbocycles. The second-order valence-corrected chi connectivity index (χ2v) is 9.76. The Balaban J connectivity index is 1.39. The highest BCUT2D eigenvalue weighted by Gasteiger charge is 2.30. The monoisotopic (exact) mass is 546 g/mol.